The summed E-state index contributed by atoms with van der Waals surface area (Å²) < 4.78 is 4.88. The number of nitro groups is 1. The molecule has 0 aliphatic rings. The van der Waals surface area contributed by atoms with Crippen LogP contribution >= 0.6 is 0 Å². The Labute approximate surface area is 142 Å². The molecule has 0 aromatic heterocycles. The van der Waals surface area contributed by atoms with Gasteiger partial charge in [0.25, 0.3) is 0 Å². The highest BCUT2D eigenvalue weighted by Crippen LogP contribution is 2.36. The fraction of sp³-hybridized carbons (Fsp3) is 0.125. The van der Waals surface area contributed by atoms with E-state index in [-0.39, 0.29) is 23.6 Å². The van der Waals surface area contributed by atoms with Crippen LogP contribution in [0.2, 0.25) is 0 Å². The number of anilines is 1. The SMILES string of the molecule is COc1cc(/C=N\NC(=O)Cc2ccc(N)cc2)cc([N+](=O)[O-])c1O. The van der Waals surface area contributed by atoms with Crippen LogP contribution in [0.3, 0.4) is 0 Å². The number of hydrazone groups is 1. The lowest BCUT2D eigenvalue weighted by Gasteiger charge is -2.05. The van der Waals surface area contributed by atoms with Gasteiger partial charge in [-0.05, 0) is 23.8 Å². The zero-order valence-corrected chi connectivity index (χ0v) is 13.3. The van der Waals surface area contributed by atoms with Crippen LogP contribution in [0.15, 0.2) is 41.5 Å². The van der Waals surface area contributed by atoms with Crippen LogP contribution in [0.1, 0.15) is 11.1 Å². The molecule has 0 fully saturated rings. The third kappa shape index (κ3) is 4.67. The van der Waals surface area contributed by atoms with E-state index in [9.17, 15) is 20.0 Å². The van der Waals surface area contributed by atoms with Gasteiger partial charge in [0.15, 0.2) is 5.75 Å². The molecule has 0 heterocycles. The molecule has 4 N–H and O–H groups in total. The first-order valence-corrected chi connectivity index (χ1v) is 7.12. The van der Waals surface area contributed by atoms with Crippen molar-refractivity contribution in [2.24, 2.45) is 5.10 Å². The smallest absolute Gasteiger partial charge is 0.315 e. The minimum atomic E-state index is -0.741. The molecule has 2 rings (SSSR count). The lowest BCUT2D eigenvalue weighted by Crippen LogP contribution is -2.19. The lowest BCUT2D eigenvalue weighted by molar-refractivity contribution is -0.386. The Balaban J connectivity index is 2.06. The summed E-state index contributed by atoms with van der Waals surface area (Å²) in [6.07, 6.45) is 1.33. The number of amides is 1. The number of ether oxygens (including phenoxy) is 1. The molecular formula is C16H16N4O5. The Hall–Kier alpha value is -3.62. The van der Waals surface area contributed by atoms with Crippen LogP contribution < -0.4 is 15.9 Å². The predicted molar refractivity (Wildman–Crippen MR) is 91.6 cm³/mol. The average molecular weight is 344 g/mol. The van der Waals surface area contributed by atoms with Gasteiger partial charge in [-0.15, -0.1) is 0 Å². The number of benzene rings is 2. The molecular weight excluding hydrogens is 328 g/mol. The number of hydrogen-bond acceptors (Lipinski definition) is 7. The summed E-state index contributed by atoms with van der Waals surface area (Å²) in [5.74, 6) is -0.998. The summed E-state index contributed by atoms with van der Waals surface area (Å²) in [5.41, 5.74) is 9.03. The van der Waals surface area contributed by atoms with Crippen molar-refractivity contribution in [1.29, 1.82) is 0 Å². The van der Waals surface area contributed by atoms with Gasteiger partial charge in [-0.1, -0.05) is 12.1 Å². The number of nitrogen functional groups attached to an aromatic ring is 1. The molecule has 0 aliphatic carbocycles. The van der Waals surface area contributed by atoms with Gasteiger partial charge in [-0.2, -0.15) is 5.10 Å². The van der Waals surface area contributed by atoms with Crippen LogP contribution in [0.4, 0.5) is 11.4 Å². The van der Waals surface area contributed by atoms with Crippen molar-refractivity contribution in [2.75, 3.05) is 12.8 Å². The zero-order valence-electron chi connectivity index (χ0n) is 13.3. The maximum absolute atomic E-state index is 11.8. The van der Waals surface area contributed by atoms with E-state index in [1.165, 1.54) is 19.4 Å². The quantitative estimate of drug-likeness (QED) is 0.314. The van der Waals surface area contributed by atoms with Gasteiger partial charge in [-0.3, -0.25) is 14.9 Å². The maximum Gasteiger partial charge on any atom is 0.315 e. The van der Waals surface area contributed by atoms with Crippen molar-refractivity contribution in [3.05, 3.63) is 57.6 Å². The number of hydrogen-bond donors (Lipinski definition) is 3. The van der Waals surface area contributed by atoms with Crippen LogP contribution in [-0.4, -0.2) is 29.3 Å². The Bertz CT molecular complexity index is 818. The monoisotopic (exact) mass is 344 g/mol. The van der Waals surface area contributed by atoms with Gasteiger partial charge in [-0.25, -0.2) is 5.43 Å². The predicted octanol–water partition coefficient (Wildman–Crippen LogP) is 1.58. The van der Waals surface area contributed by atoms with E-state index in [0.717, 1.165) is 11.6 Å². The van der Waals surface area contributed by atoms with Crippen molar-refractivity contribution in [3.8, 4) is 11.5 Å². The summed E-state index contributed by atoms with van der Waals surface area (Å²) in [6, 6.07) is 9.31. The van der Waals surface area contributed by atoms with E-state index in [1.54, 1.807) is 24.3 Å². The number of aromatic hydroxyl groups is 1. The molecule has 0 bridgehead atoms. The van der Waals surface area contributed by atoms with Crippen LogP contribution in [0, 0.1) is 10.1 Å². The maximum atomic E-state index is 11.8. The van der Waals surface area contributed by atoms with E-state index in [0.29, 0.717) is 5.69 Å². The minimum absolute atomic E-state index is 0.0659. The Kier molecular flexibility index (Phi) is 5.51. The molecule has 0 aliphatic heterocycles. The highest BCUT2D eigenvalue weighted by atomic mass is 16.6. The van der Waals surface area contributed by atoms with E-state index < -0.39 is 16.4 Å². The second-order valence-electron chi connectivity index (χ2n) is 5.06. The number of methoxy groups -OCH3 is 1. The number of phenolic OH excluding ortho intramolecular Hbond substituents is 1. The first kappa shape index (κ1) is 17.7. The highest BCUT2D eigenvalue weighted by Gasteiger charge is 2.19. The number of carbonyl (C=O) groups excluding carboxylic acids is 1. The molecule has 1 amide bonds. The van der Waals surface area contributed by atoms with E-state index in [2.05, 4.69) is 10.5 Å². The van der Waals surface area contributed by atoms with Crippen molar-refractivity contribution in [1.82, 2.24) is 5.43 Å². The minimum Gasteiger partial charge on any atom is -0.500 e. The average Bonchev–Trinajstić information content (AvgIpc) is 2.58. The number of carbonyl (C=O) groups is 1. The Morgan fingerprint density at radius 3 is 2.68 bits per heavy atom. The zero-order chi connectivity index (χ0) is 18.4. The first-order valence-electron chi connectivity index (χ1n) is 7.12. The standard InChI is InChI=1S/C16H16N4O5/c1-25-14-7-11(6-13(16(14)22)20(23)24)9-18-19-15(21)8-10-2-4-12(17)5-3-10/h2-7,9,22H,8,17H2,1H3,(H,19,21)/b18-9-. The van der Waals surface area contributed by atoms with Gasteiger partial charge < -0.3 is 15.6 Å². The summed E-state index contributed by atoms with van der Waals surface area (Å²) in [5, 5.41) is 24.4. The van der Waals surface area contributed by atoms with Gasteiger partial charge in [0.05, 0.1) is 24.7 Å². The highest BCUT2D eigenvalue weighted by molar-refractivity contribution is 5.85. The van der Waals surface area contributed by atoms with Gasteiger partial charge in [0.1, 0.15) is 0 Å². The second kappa shape index (κ2) is 7.77. The fourth-order valence-electron chi connectivity index (χ4n) is 2.02. The summed E-state index contributed by atoms with van der Waals surface area (Å²) in [7, 11) is 1.27. The van der Waals surface area contributed by atoms with Gasteiger partial charge in [0, 0.05) is 17.3 Å². The first-order chi connectivity index (χ1) is 11.9. The van der Waals surface area contributed by atoms with Crippen LogP contribution in [0.5, 0.6) is 11.5 Å². The molecule has 9 heteroatoms. The van der Waals surface area contributed by atoms with Crippen molar-refractivity contribution in [2.45, 2.75) is 6.42 Å². The van der Waals surface area contributed by atoms with Crippen LogP contribution in [-0.2, 0) is 11.2 Å². The van der Waals surface area contributed by atoms with Crippen molar-refractivity contribution >= 4 is 23.5 Å². The molecule has 0 atom stereocenters. The fourth-order valence-corrected chi connectivity index (χ4v) is 2.02. The molecule has 0 radical (unpaired) electrons. The summed E-state index contributed by atoms with van der Waals surface area (Å²) in [4.78, 5) is 22.0. The number of phenols is 1. The molecule has 9 nitrogen and oxygen atoms in total. The molecule has 2 aromatic carbocycles. The number of nitrogens with two attached hydrogens (primary N) is 1. The largest absolute Gasteiger partial charge is 0.500 e. The van der Waals surface area contributed by atoms with E-state index in [1.807, 2.05) is 0 Å². The lowest BCUT2D eigenvalue weighted by atomic mass is 10.1. The molecule has 25 heavy (non-hydrogen) atoms. The third-order valence-electron chi connectivity index (χ3n) is 3.24. The number of nitrogens with one attached hydrogen (secondary N) is 1. The van der Waals surface area contributed by atoms with Crippen molar-refractivity contribution < 1.29 is 19.6 Å². The number of rotatable bonds is 6. The van der Waals surface area contributed by atoms with Crippen LogP contribution in [0.25, 0.3) is 0 Å². The summed E-state index contributed by atoms with van der Waals surface area (Å²) >= 11 is 0. The van der Waals surface area contributed by atoms with Gasteiger partial charge >= 0.3 is 5.69 Å². The van der Waals surface area contributed by atoms with Crippen molar-refractivity contribution in [3.63, 3.8) is 0 Å². The molecule has 0 unspecified atom stereocenters. The Morgan fingerprint density at radius 2 is 2.08 bits per heavy atom. The molecule has 0 spiro atoms. The topological polar surface area (TPSA) is 140 Å². The molecule has 130 valence electrons. The summed E-state index contributed by atoms with van der Waals surface area (Å²) in [6.45, 7) is 0. The van der Waals surface area contributed by atoms with Gasteiger partial charge in [0.2, 0.25) is 11.7 Å². The normalized spacial score (nSPS) is 10.6. The molecule has 2 aromatic rings. The number of nitro benzene ring substituents is 1. The number of nitrogens with zero attached hydrogens (tertiary/aromatic N) is 2. The van der Waals surface area contributed by atoms with E-state index in [4.69, 9.17) is 10.5 Å². The Morgan fingerprint density at radius 1 is 1.40 bits per heavy atom. The van der Waals surface area contributed by atoms with E-state index >= 15 is 0 Å². The second-order valence-corrected chi connectivity index (χ2v) is 5.06. The third-order valence-corrected chi connectivity index (χ3v) is 3.24. The molecule has 0 saturated carbocycles. The molecule has 0 saturated heterocycles.